The van der Waals surface area contributed by atoms with Crippen molar-refractivity contribution in [2.45, 2.75) is 77.2 Å². The molecule has 2 heteroatoms. The van der Waals surface area contributed by atoms with Crippen LogP contribution in [0, 0.1) is 23.2 Å². The van der Waals surface area contributed by atoms with E-state index < -0.39 is 5.60 Å². The van der Waals surface area contributed by atoms with Crippen molar-refractivity contribution in [3.8, 4) is 11.8 Å². The molecular formula is C21H28O2. The molecule has 3 aliphatic carbocycles. The first kappa shape index (κ1) is 16.5. The molecule has 1 saturated carbocycles. The number of ketones is 1. The SMILES string of the molecule is CC#C[C@@]1(O)CC[C@@]2(C/C=C/C)C3=C(CC[C@@H]2C1)CC(=O)CC3. The van der Waals surface area contributed by atoms with E-state index in [1.165, 1.54) is 5.57 Å². The summed E-state index contributed by atoms with van der Waals surface area (Å²) in [7, 11) is 0. The molecule has 3 rings (SSSR count). The highest BCUT2D eigenvalue weighted by Crippen LogP contribution is 2.59. The first-order chi connectivity index (χ1) is 11.0. The third kappa shape index (κ3) is 2.92. The van der Waals surface area contributed by atoms with Gasteiger partial charge in [0, 0.05) is 12.8 Å². The van der Waals surface area contributed by atoms with Gasteiger partial charge in [-0.25, -0.2) is 0 Å². The third-order valence-corrected chi connectivity index (χ3v) is 6.31. The highest BCUT2D eigenvalue weighted by molar-refractivity contribution is 5.83. The van der Waals surface area contributed by atoms with Crippen molar-refractivity contribution in [2.24, 2.45) is 11.3 Å². The first-order valence-corrected chi connectivity index (χ1v) is 9.03. The van der Waals surface area contributed by atoms with E-state index in [0.29, 0.717) is 24.5 Å². The highest BCUT2D eigenvalue weighted by atomic mass is 16.3. The number of allylic oxidation sites excluding steroid dienone is 4. The van der Waals surface area contributed by atoms with E-state index in [9.17, 15) is 9.90 Å². The number of hydrogen-bond donors (Lipinski definition) is 1. The molecule has 3 atom stereocenters. The minimum Gasteiger partial charge on any atom is -0.378 e. The number of aliphatic hydroxyl groups is 1. The van der Waals surface area contributed by atoms with Gasteiger partial charge < -0.3 is 5.11 Å². The van der Waals surface area contributed by atoms with Crippen molar-refractivity contribution in [3.63, 3.8) is 0 Å². The molecule has 0 aromatic rings. The fourth-order valence-corrected chi connectivity index (χ4v) is 5.24. The van der Waals surface area contributed by atoms with Gasteiger partial charge in [-0.15, -0.1) is 5.92 Å². The fraction of sp³-hybridized carbons (Fsp3) is 0.667. The van der Waals surface area contributed by atoms with Gasteiger partial charge in [-0.2, -0.15) is 0 Å². The standard InChI is InChI=1S/C21H28O2/c1-3-5-11-21-13-12-20(23,10-4-2)15-17(21)7-6-16-14-18(22)8-9-19(16)21/h3,5,17,23H,6-9,11-15H2,1-2H3/b5-3+/t17-,20-,21-/m1/s1. The van der Waals surface area contributed by atoms with Crippen molar-refractivity contribution in [1.29, 1.82) is 0 Å². The summed E-state index contributed by atoms with van der Waals surface area (Å²) in [4.78, 5) is 11.9. The summed E-state index contributed by atoms with van der Waals surface area (Å²) >= 11 is 0. The Morgan fingerprint density at radius 1 is 1.30 bits per heavy atom. The van der Waals surface area contributed by atoms with E-state index in [1.807, 2.05) is 6.92 Å². The van der Waals surface area contributed by atoms with E-state index in [1.54, 1.807) is 5.57 Å². The van der Waals surface area contributed by atoms with Crippen LogP contribution < -0.4 is 0 Å². The summed E-state index contributed by atoms with van der Waals surface area (Å²) in [5.74, 6) is 6.88. The van der Waals surface area contributed by atoms with Crippen LogP contribution in [0.1, 0.15) is 71.6 Å². The lowest BCUT2D eigenvalue weighted by Crippen LogP contribution is -2.48. The van der Waals surface area contributed by atoms with Crippen molar-refractivity contribution in [3.05, 3.63) is 23.3 Å². The Morgan fingerprint density at radius 3 is 2.87 bits per heavy atom. The molecule has 1 N–H and O–H groups in total. The summed E-state index contributed by atoms with van der Waals surface area (Å²) in [6.07, 6.45) is 12.5. The fourth-order valence-electron chi connectivity index (χ4n) is 5.24. The molecule has 0 spiro atoms. The second kappa shape index (κ2) is 6.29. The number of Topliss-reactive ketones (excluding diaryl/α,β-unsaturated/α-hetero) is 1. The van der Waals surface area contributed by atoms with Gasteiger partial charge in [0.05, 0.1) is 0 Å². The molecule has 23 heavy (non-hydrogen) atoms. The van der Waals surface area contributed by atoms with Crippen LogP contribution in [0.15, 0.2) is 23.3 Å². The number of rotatable bonds is 2. The first-order valence-electron chi connectivity index (χ1n) is 9.03. The second-order valence-corrected chi connectivity index (χ2v) is 7.57. The molecule has 0 heterocycles. The largest absolute Gasteiger partial charge is 0.378 e. The summed E-state index contributed by atoms with van der Waals surface area (Å²) in [5.41, 5.74) is 2.36. The van der Waals surface area contributed by atoms with E-state index in [2.05, 4.69) is 30.9 Å². The topological polar surface area (TPSA) is 37.3 Å². The molecule has 0 radical (unpaired) electrons. The Kier molecular flexibility index (Phi) is 4.52. The van der Waals surface area contributed by atoms with Gasteiger partial charge in [0.15, 0.2) is 0 Å². The lowest BCUT2D eigenvalue weighted by Gasteiger charge is -2.54. The Morgan fingerprint density at radius 2 is 2.13 bits per heavy atom. The lowest BCUT2D eigenvalue weighted by molar-refractivity contribution is -0.119. The van der Waals surface area contributed by atoms with Crippen LogP contribution in [0.25, 0.3) is 0 Å². The number of fused-ring (bicyclic) bond motifs is 2. The third-order valence-electron chi connectivity index (χ3n) is 6.31. The summed E-state index contributed by atoms with van der Waals surface area (Å²) in [6, 6.07) is 0. The van der Waals surface area contributed by atoms with Gasteiger partial charge in [0.25, 0.3) is 0 Å². The van der Waals surface area contributed by atoms with Gasteiger partial charge in [0.1, 0.15) is 11.4 Å². The van der Waals surface area contributed by atoms with E-state index in [0.717, 1.165) is 44.9 Å². The molecule has 0 bridgehead atoms. The Hall–Kier alpha value is -1.33. The lowest BCUT2D eigenvalue weighted by atomic mass is 9.51. The molecule has 3 aliphatic rings. The van der Waals surface area contributed by atoms with Gasteiger partial charge in [-0.3, -0.25) is 4.79 Å². The van der Waals surface area contributed by atoms with Crippen molar-refractivity contribution in [2.75, 3.05) is 0 Å². The normalized spacial score (nSPS) is 37.2. The second-order valence-electron chi connectivity index (χ2n) is 7.57. The average molecular weight is 312 g/mol. The number of hydrogen-bond acceptors (Lipinski definition) is 2. The average Bonchev–Trinajstić information content (AvgIpc) is 2.53. The molecule has 0 aromatic heterocycles. The predicted molar refractivity (Wildman–Crippen MR) is 92.7 cm³/mol. The van der Waals surface area contributed by atoms with Crippen LogP contribution in [-0.2, 0) is 4.79 Å². The van der Waals surface area contributed by atoms with Gasteiger partial charge in [-0.1, -0.05) is 29.2 Å². The minimum atomic E-state index is -0.804. The molecule has 1 fully saturated rings. The van der Waals surface area contributed by atoms with Gasteiger partial charge >= 0.3 is 0 Å². The Bertz CT molecular complexity index is 615. The summed E-state index contributed by atoms with van der Waals surface area (Å²) < 4.78 is 0. The van der Waals surface area contributed by atoms with Crippen LogP contribution in [0.4, 0.5) is 0 Å². The van der Waals surface area contributed by atoms with Crippen LogP contribution >= 0.6 is 0 Å². The Balaban J connectivity index is 1.98. The van der Waals surface area contributed by atoms with Crippen molar-refractivity contribution in [1.82, 2.24) is 0 Å². The summed E-state index contributed by atoms with van der Waals surface area (Å²) in [5, 5.41) is 10.8. The van der Waals surface area contributed by atoms with Crippen LogP contribution in [-0.4, -0.2) is 16.5 Å². The van der Waals surface area contributed by atoms with Crippen LogP contribution in [0.2, 0.25) is 0 Å². The van der Waals surface area contributed by atoms with E-state index in [4.69, 9.17) is 0 Å². The quantitative estimate of drug-likeness (QED) is 0.608. The van der Waals surface area contributed by atoms with Crippen LogP contribution in [0.5, 0.6) is 0 Å². The summed E-state index contributed by atoms with van der Waals surface area (Å²) in [6.45, 7) is 3.89. The van der Waals surface area contributed by atoms with Crippen LogP contribution in [0.3, 0.4) is 0 Å². The molecule has 0 amide bonds. The zero-order chi connectivity index (χ0) is 16.5. The van der Waals surface area contributed by atoms with Crippen molar-refractivity contribution < 1.29 is 9.90 Å². The Labute approximate surface area is 140 Å². The van der Waals surface area contributed by atoms with E-state index in [-0.39, 0.29) is 5.41 Å². The predicted octanol–water partition coefficient (Wildman–Crippen LogP) is 4.34. The molecule has 0 saturated heterocycles. The maximum Gasteiger partial charge on any atom is 0.137 e. The highest BCUT2D eigenvalue weighted by Gasteiger charge is 2.51. The molecule has 0 aromatic carbocycles. The molecule has 124 valence electrons. The molecular weight excluding hydrogens is 284 g/mol. The molecule has 2 nitrogen and oxygen atoms in total. The monoisotopic (exact) mass is 312 g/mol. The number of carbonyl (C=O) groups excluding carboxylic acids is 1. The zero-order valence-corrected chi connectivity index (χ0v) is 14.5. The molecule has 0 aliphatic heterocycles. The maximum absolute atomic E-state index is 11.9. The minimum absolute atomic E-state index is 0.169. The van der Waals surface area contributed by atoms with Gasteiger partial charge in [0.2, 0.25) is 0 Å². The maximum atomic E-state index is 11.9. The zero-order valence-electron chi connectivity index (χ0n) is 14.5. The molecule has 0 unspecified atom stereocenters. The number of carbonyl (C=O) groups is 1. The van der Waals surface area contributed by atoms with Gasteiger partial charge in [-0.05, 0) is 70.1 Å². The van der Waals surface area contributed by atoms with Crippen molar-refractivity contribution >= 4 is 5.78 Å². The van der Waals surface area contributed by atoms with E-state index >= 15 is 0 Å². The smallest absolute Gasteiger partial charge is 0.137 e.